The predicted octanol–water partition coefficient (Wildman–Crippen LogP) is 1.91. The van der Waals surface area contributed by atoms with Gasteiger partial charge < -0.3 is 10.2 Å². The lowest BCUT2D eigenvalue weighted by Crippen LogP contribution is -2.35. The van der Waals surface area contributed by atoms with Crippen molar-refractivity contribution in [3.63, 3.8) is 0 Å². The fourth-order valence-electron chi connectivity index (χ4n) is 3.15. The third-order valence-electron chi connectivity index (χ3n) is 3.95. The molecule has 3 unspecified atom stereocenters. The zero-order valence-electron chi connectivity index (χ0n) is 9.06. The summed E-state index contributed by atoms with van der Waals surface area (Å²) in [4.78, 5) is 21.9. The molecule has 16 heavy (non-hydrogen) atoms. The SMILES string of the molecule is O=C(O)CCCC1(C(=O)O)CC2C=CC1C2. The number of aliphatic carboxylic acids is 2. The molecule has 1 fully saturated rings. The molecule has 0 aromatic heterocycles. The van der Waals surface area contributed by atoms with E-state index in [1.165, 1.54) is 0 Å². The Bertz CT molecular complexity index is 347. The van der Waals surface area contributed by atoms with Crippen molar-refractivity contribution in [2.24, 2.45) is 17.3 Å². The molecule has 2 rings (SSSR count). The van der Waals surface area contributed by atoms with Crippen LogP contribution in [0.5, 0.6) is 0 Å². The third-order valence-corrected chi connectivity index (χ3v) is 3.95. The zero-order chi connectivity index (χ0) is 11.8. The van der Waals surface area contributed by atoms with Crippen LogP contribution >= 0.6 is 0 Å². The van der Waals surface area contributed by atoms with Gasteiger partial charge in [-0.25, -0.2) is 0 Å². The Balaban J connectivity index is 2.03. The number of allylic oxidation sites excluding steroid dienone is 2. The van der Waals surface area contributed by atoms with Crippen LogP contribution < -0.4 is 0 Å². The number of hydrogen-bond acceptors (Lipinski definition) is 2. The molecule has 3 atom stereocenters. The summed E-state index contributed by atoms with van der Waals surface area (Å²) in [5, 5.41) is 18.0. The van der Waals surface area contributed by atoms with Gasteiger partial charge in [-0.3, -0.25) is 9.59 Å². The van der Waals surface area contributed by atoms with Gasteiger partial charge in [-0.2, -0.15) is 0 Å². The maximum Gasteiger partial charge on any atom is 0.310 e. The molecule has 0 radical (unpaired) electrons. The largest absolute Gasteiger partial charge is 0.481 e. The number of hydrogen-bond donors (Lipinski definition) is 2. The lowest BCUT2D eigenvalue weighted by atomic mass is 9.72. The van der Waals surface area contributed by atoms with E-state index in [2.05, 4.69) is 6.08 Å². The van der Waals surface area contributed by atoms with Crippen LogP contribution in [-0.4, -0.2) is 22.2 Å². The van der Waals surface area contributed by atoms with Crippen LogP contribution in [0.3, 0.4) is 0 Å². The summed E-state index contributed by atoms with van der Waals surface area (Å²) in [6.45, 7) is 0. The summed E-state index contributed by atoms with van der Waals surface area (Å²) in [5.41, 5.74) is -0.686. The number of rotatable bonds is 5. The van der Waals surface area contributed by atoms with Gasteiger partial charge in [0.15, 0.2) is 0 Å². The molecule has 1 saturated carbocycles. The van der Waals surface area contributed by atoms with Crippen molar-refractivity contribution in [3.8, 4) is 0 Å². The van der Waals surface area contributed by atoms with Crippen LogP contribution in [0.4, 0.5) is 0 Å². The van der Waals surface area contributed by atoms with E-state index in [1.807, 2.05) is 6.08 Å². The maximum absolute atomic E-state index is 11.4. The van der Waals surface area contributed by atoms with E-state index < -0.39 is 17.4 Å². The normalized spacial score (nSPS) is 35.5. The summed E-state index contributed by atoms with van der Waals surface area (Å²) < 4.78 is 0. The Morgan fingerprint density at radius 2 is 2.06 bits per heavy atom. The summed E-state index contributed by atoms with van der Waals surface area (Å²) in [6, 6.07) is 0. The Morgan fingerprint density at radius 1 is 1.31 bits per heavy atom. The quantitative estimate of drug-likeness (QED) is 0.699. The molecule has 0 amide bonds. The molecule has 0 saturated heterocycles. The topological polar surface area (TPSA) is 74.6 Å². The minimum atomic E-state index is -0.848. The van der Waals surface area contributed by atoms with Gasteiger partial charge in [0.25, 0.3) is 0 Å². The predicted molar refractivity (Wildman–Crippen MR) is 56.9 cm³/mol. The van der Waals surface area contributed by atoms with Gasteiger partial charge in [-0.15, -0.1) is 0 Å². The van der Waals surface area contributed by atoms with Gasteiger partial charge in [0.1, 0.15) is 0 Å². The van der Waals surface area contributed by atoms with Crippen LogP contribution in [0.1, 0.15) is 32.1 Å². The minimum absolute atomic E-state index is 0.0656. The highest BCUT2D eigenvalue weighted by molar-refractivity contribution is 5.76. The summed E-state index contributed by atoms with van der Waals surface area (Å²) in [5.74, 6) is -1.09. The van der Waals surface area contributed by atoms with Crippen molar-refractivity contribution in [2.45, 2.75) is 32.1 Å². The second-order valence-electron chi connectivity index (χ2n) is 4.90. The number of carbonyl (C=O) groups is 2. The first-order valence-electron chi connectivity index (χ1n) is 5.68. The van der Waals surface area contributed by atoms with E-state index in [-0.39, 0.29) is 12.3 Å². The van der Waals surface area contributed by atoms with Crippen molar-refractivity contribution in [2.75, 3.05) is 0 Å². The maximum atomic E-state index is 11.4. The van der Waals surface area contributed by atoms with E-state index in [0.29, 0.717) is 25.2 Å². The van der Waals surface area contributed by atoms with Crippen molar-refractivity contribution in [1.82, 2.24) is 0 Å². The second-order valence-corrected chi connectivity index (χ2v) is 4.90. The summed E-state index contributed by atoms with van der Waals surface area (Å²) in [7, 11) is 0. The fraction of sp³-hybridized carbons (Fsp3) is 0.667. The van der Waals surface area contributed by atoms with Crippen molar-refractivity contribution in [3.05, 3.63) is 12.2 Å². The van der Waals surface area contributed by atoms with Crippen LogP contribution in [0.15, 0.2) is 12.2 Å². The highest BCUT2D eigenvalue weighted by Gasteiger charge is 2.53. The lowest BCUT2D eigenvalue weighted by Gasteiger charge is -2.30. The minimum Gasteiger partial charge on any atom is -0.481 e. The average molecular weight is 224 g/mol. The number of carboxylic acids is 2. The molecule has 2 aliphatic rings. The summed E-state index contributed by atoms with van der Waals surface area (Å²) >= 11 is 0. The van der Waals surface area contributed by atoms with Gasteiger partial charge >= 0.3 is 11.9 Å². The standard InChI is InChI=1S/C12H16O4/c13-10(14)2-1-5-12(11(15)16)7-8-3-4-9(12)6-8/h3-4,8-9H,1-2,5-7H2,(H,13,14)(H,15,16). The first-order valence-corrected chi connectivity index (χ1v) is 5.68. The average Bonchev–Trinajstić information content (AvgIpc) is 2.76. The monoisotopic (exact) mass is 224 g/mol. The van der Waals surface area contributed by atoms with Gasteiger partial charge in [0.05, 0.1) is 5.41 Å². The van der Waals surface area contributed by atoms with Crippen LogP contribution in [0, 0.1) is 17.3 Å². The molecule has 4 nitrogen and oxygen atoms in total. The highest BCUT2D eigenvalue weighted by atomic mass is 16.4. The van der Waals surface area contributed by atoms with Crippen LogP contribution in [0.2, 0.25) is 0 Å². The molecule has 0 aromatic carbocycles. The van der Waals surface area contributed by atoms with E-state index >= 15 is 0 Å². The molecule has 2 aliphatic carbocycles. The van der Waals surface area contributed by atoms with Crippen molar-refractivity contribution < 1.29 is 19.8 Å². The molecule has 0 spiro atoms. The molecule has 2 bridgehead atoms. The fourth-order valence-corrected chi connectivity index (χ4v) is 3.15. The van der Waals surface area contributed by atoms with E-state index in [4.69, 9.17) is 5.11 Å². The molecular formula is C12H16O4. The van der Waals surface area contributed by atoms with Crippen LogP contribution in [-0.2, 0) is 9.59 Å². The third kappa shape index (κ3) is 1.72. The Morgan fingerprint density at radius 3 is 2.50 bits per heavy atom. The van der Waals surface area contributed by atoms with Crippen molar-refractivity contribution >= 4 is 11.9 Å². The van der Waals surface area contributed by atoms with Gasteiger partial charge in [-0.1, -0.05) is 12.2 Å². The molecule has 4 heteroatoms. The van der Waals surface area contributed by atoms with Gasteiger partial charge in [0, 0.05) is 6.42 Å². The van der Waals surface area contributed by atoms with Gasteiger partial charge in [-0.05, 0) is 37.5 Å². The molecular weight excluding hydrogens is 208 g/mol. The smallest absolute Gasteiger partial charge is 0.310 e. The second kappa shape index (κ2) is 3.92. The molecule has 88 valence electrons. The van der Waals surface area contributed by atoms with E-state index in [0.717, 1.165) is 6.42 Å². The van der Waals surface area contributed by atoms with Crippen molar-refractivity contribution in [1.29, 1.82) is 0 Å². The molecule has 2 N–H and O–H groups in total. The first kappa shape index (κ1) is 11.2. The molecule has 0 heterocycles. The van der Waals surface area contributed by atoms with Gasteiger partial charge in [0.2, 0.25) is 0 Å². The Kier molecular flexibility index (Phi) is 2.74. The number of carboxylic acid groups (broad SMARTS) is 2. The number of fused-ring (bicyclic) bond motifs is 2. The lowest BCUT2D eigenvalue weighted by molar-refractivity contribution is -0.152. The first-order chi connectivity index (χ1) is 7.54. The Labute approximate surface area is 94.0 Å². The molecule has 0 aliphatic heterocycles. The Hall–Kier alpha value is -1.32. The van der Waals surface area contributed by atoms with E-state index in [1.54, 1.807) is 0 Å². The molecule has 0 aromatic rings. The summed E-state index contributed by atoms with van der Waals surface area (Å²) in [6.07, 6.45) is 6.73. The van der Waals surface area contributed by atoms with Crippen LogP contribution in [0.25, 0.3) is 0 Å². The highest BCUT2D eigenvalue weighted by Crippen LogP contribution is 2.54. The zero-order valence-corrected chi connectivity index (χ0v) is 9.06. The van der Waals surface area contributed by atoms with E-state index in [9.17, 15) is 14.7 Å².